The second-order valence-corrected chi connectivity index (χ2v) is 3.61. The molecule has 0 atom stereocenters. The van der Waals surface area contributed by atoms with Crippen LogP contribution in [0.2, 0.25) is 0 Å². The van der Waals surface area contributed by atoms with E-state index in [0.29, 0.717) is 0 Å². The van der Waals surface area contributed by atoms with Crippen LogP contribution in [-0.4, -0.2) is 19.0 Å². The van der Waals surface area contributed by atoms with Gasteiger partial charge in [0, 0.05) is 24.5 Å². The second-order valence-electron chi connectivity index (χ2n) is 3.61. The fourth-order valence-electron chi connectivity index (χ4n) is 1.65. The van der Waals surface area contributed by atoms with Crippen LogP contribution in [0.4, 0.5) is 11.4 Å². The number of anilines is 2. The summed E-state index contributed by atoms with van der Waals surface area (Å²) in [5.41, 5.74) is 1.81. The summed E-state index contributed by atoms with van der Waals surface area (Å²) < 4.78 is 0. The second kappa shape index (κ2) is 6.54. The van der Waals surface area contributed by atoms with E-state index in [1.807, 2.05) is 30.3 Å². The first-order valence-corrected chi connectivity index (χ1v) is 5.73. The van der Waals surface area contributed by atoms with E-state index in [2.05, 4.69) is 24.1 Å². The van der Waals surface area contributed by atoms with E-state index < -0.39 is 0 Å². The minimum Gasteiger partial charge on any atom is -0.372 e. The number of nitriles is 1. The number of amides is 1. The van der Waals surface area contributed by atoms with Gasteiger partial charge in [-0.25, -0.2) is 0 Å². The molecule has 17 heavy (non-hydrogen) atoms. The lowest BCUT2D eigenvalue weighted by Crippen LogP contribution is -2.22. The van der Waals surface area contributed by atoms with Gasteiger partial charge in [0.15, 0.2) is 0 Å². The first-order valence-electron chi connectivity index (χ1n) is 5.73. The summed E-state index contributed by atoms with van der Waals surface area (Å²) in [5, 5.41) is 11.1. The fraction of sp³-hybridized carbons (Fsp3) is 0.385. The van der Waals surface area contributed by atoms with Crippen LogP contribution in [0.1, 0.15) is 20.3 Å². The van der Waals surface area contributed by atoms with Crippen LogP contribution in [0.15, 0.2) is 24.3 Å². The van der Waals surface area contributed by atoms with Gasteiger partial charge in [-0.1, -0.05) is 6.07 Å². The van der Waals surface area contributed by atoms with E-state index in [0.717, 1.165) is 24.5 Å². The van der Waals surface area contributed by atoms with Crippen molar-refractivity contribution in [2.45, 2.75) is 20.3 Å². The molecular formula is C13H17N3O. The average molecular weight is 231 g/mol. The minimum atomic E-state index is -0.274. The number of hydrogen-bond acceptors (Lipinski definition) is 3. The maximum absolute atomic E-state index is 11.3. The molecule has 0 aliphatic heterocycles. The molecule has 0 unspecified atom stereocenters. The van der Waals surface area contributed by atoms with Gasteiger partial charge < -0.3 is 10.2 Å². The Morgan fingerprint density at radius 3 is 2.71 bits per heavy atom. The third kappa shape index (κ3) is 3.80. The Hall–Kier alpha value is -2.02. The van der Waals surface area contributed by atoms with Crippen molar-refractivity contribution in [2.24, 2.45) is 0 Å². The van der Waals surface area contributed by atoms with Crippen molar-refractivity contribution in [1.29, 1.82) is 5.26 Å². The summed E-state index contributed by atoms with van der Waals surface area (Å²) >= 11 is 0. The molecule has 0 saturated heterocycles. The number of nitrogens with zero attached hydrogens (tertiary/aromatic N) is 2. The number of benzene rings is 1. The predicted octanol–water partition coefficient (Wildman–Crippen LogP) is 2.38. The zero-order valence-corrected chi connectivity index (χ0v) is 10.2. The molecule has 0 aromatic heterocycles. The number of hydrogen-bond donors (Lipinski definition) is 1. The fourth-order valence-corrected chi connectivity index (χ4v) is 1.65. The van der Waals surface area contributed by atoms with Crippen LogP contribution in [0.5, 0.6) is 0 Å². The highest BCUT2D eigenvalue weighted by Crippen LogP contribution is 2.19. The molecule has 0 radical (unpaired) electrons. The lowest BCUT2D eigenvalue weighted by Gasteiger charge is -2.21. The van der Waals surface area contributed by atoms with Crippen LogP contribution in [0.3, 0.4) is 0 Å². The van der Waals surface area contributed by atoms with Gasteiger partial charge in [-0.05, 0) is 32.0 Å². The molecule has 0 bridgehead atoms. The monoisotopic (exact) mass is 231 g/mol. The Morgan fingerprint density at radius 2 is 2.12 bits per heavy atom. The van der Waals surface area contributed by atoms with E-state index in [-0.39, 0.29) is 12.3 Å². The molecular weight excluding hydrogens is 214 g/mol. The lowest BCUT2D eigenvalue weighted by molar-refractivity contribution is -0.115. The van der Waals surface area contributed by atoms with Gasteiger partial charge in [-0.15, -0.1) is 0 Å². The Morgan fingerprint density at radius 1 is 1.41 bits per heavy atom. The molecule has 0 saturated carbocycles. The molecule has 0 aliphatic carbocycles. The normalized spacial score (nSPS) is 9.47. The predicted molar refractivity (Wildman–Crippen MR) is 68.9 cm³/mol. The number of rotatable bonds is 5. The van der Waals surface area contributed by atoms with Crippen LogP contribution in [0.25, 0.3) is 0 Å². The minimum absolute atomic E-state index is 0.116. The molecule has 1 aromatic rings. The molecule has 1 amide bonds. The Bertz CT molecular complexity index is 419. The maximum atomic E-state index is 11.3. The van der Waals surface area contributed by atoms with Crippen molar-refractivity contribution in [2.75, 3.05) is 23.3 Å². The lowest BCUT2D eigenvalue weighted by atomic mass is 10.2. The zero-order chi connectivity index (χ0) is 12.7. The van der Waals surface area contributed by atoms with Crippen molar-refractivity contribution in [3.63, 3.8) is 0 Å². The molecule has 0 spiro atoms. The highest BCUT2D eigenvalue weighted by molar-refractivity contribution is 5.92. The number of carbonyl (C=O) groups is 1. The maximum Gasteiger partial charge on any atom is 0.238 e. The van der Waals surface area contributed by atoms with Gasteiger partial charge >= 0.3 is 0 Å². The third-order valence-electron chi connectivity index (χ3n) is 2.50. The van der Waals surface area contributed by atoms with Crippen molar-refractivity contribution in [3.8, 4) is 6.07 Å². The van der Waals surface area contributed by atoms with E-state index >= 15 is 0 Å². The quantitative estimate of drug-likeness (QED) is 0.846. The van der Waals surface area contributed by atoms with E-state index in [9.17, 15) is 4.79 Å². The van der Waals surface area contributed by atoms with Crippen molar-refractivity contribution in [3.05, 3.63) is 24.3 Å². The van der Waals surface area contributed by atoms with E-state index in [1.165, 1.54) is 0 Å². The molecule has 4 heteroatoms. The van der Waals surface area contributed by atoms with Gasteiger partial charge in [-0.2, -0.15) is 5.26 Å². The van der Waals surface area contributed by atoms with Crippen LogP contribution >= 0.6 is 0 Å². The molecule has 1 aromatic carbocycles. The Balaban J connectivity index is 2.79. The van der Waals surface area contributed by atoms with Gasteiger partial charge in [0.25, 0.3) is 0 Å². The molecule has 1 rings (SSSR count). The van der Waals surface area contributed by atoms with Gasteiger partial charge in [0.2, 0.25) is 5.91 Å². The summed E-state index contributed by atoms with van der Waals surface area (Å²) in [4.78, 5) is 13.5. The van der Waals surface area contributed by atoms with Crippen LogP contribution in [-0.2, 0) is 4.79 Å². The summed E-state index contributed by atoms with van der Waals surface area (Å²) in [6.07, 6.45) is -0.116. The van der Waals surface area contributed by atoms with Crippen LogP contribution in [0, 0.1) is 11.3 Å². The topological polar surface area (TPSA) is 56.1 Å². The average Bonchev–Trinajstić information content (AvgIpc) is 2.31. The number of nitrogens with one attached hydrogen (secondary N) is 1. The van der Waals surface area contributed by atoms with Crippen LogP contribution < -0.4 is 10.2 Å². The Kier molecular flexibility index (Phi) is 5.02. The summed E-state index contributed by atoms with van der Waals surface area (Å²) in [6, 6.07) is 9.47. The number of carbonyl (C=O) groups excluding carboxylic acids is 1. The van der Waals surface area contributed by atoms with Gasteiger partial charge in [0.05, 0.1) is 6.07 Å². The van der Waals surface area contributed by atoms with Crippen molar-refractivity contribution in [1.82, 2.24) is 0 Å². The third-order valence-corrected chi connectivity index (χ3v) is 2.50. The zero-order valence-electron chi connectivity index (χ0n) is 10.2. The van der Waals surface area contributed by atoms with E-state index in [1.54, 1.807) is 0 Å². The first-order chi connectivity index (χ1) is 8.21. The molecule has 90 valence electrons. The standard InChI is InChI=1S/C13H17N3O/c1-3-16(4-2)12-7-5-6-11(10-12)15-13(17)8-9-14/h5-7,10H,3-4,8H2,1-2H3,(H,15,17). The highest BCUT2D eigenvalue weighted by Gasteiger charge is 2.04. The molecule has 1 N–H and O–H groups in total. The molecule has 0 heterocycles. The highest BCUT2D eigenvalue weighted by atomic mass is 16.1. The first kappa shape index (κ1) is 13.0. The van der Waals surface area contributed by atoms with Crippen molar-refractivity contribution < 1.29 is 4.79 Å². The van der Waals surface area contributed by atoms with E-state index in [4.69, 9.17) is 5.26 Å². The Labute approximate surface area is 102 Å². The molecule has 0 aliphatic rings. The smallest absolute Gasteiger partial charge is 0.238 e. The van der Waals surface area contributed by atoms with Crippen molar-refractivity contribution >= 4 is 17.3 Å². The SMILES string of the molecule is CCN(CC)c1cccc(NC(=O)CC#N)c1. The largest absolute Gasteiger partial charge is 0.372 e. The van der Waals surface area contributed by atoms with Gasteiger partial charge in [0.1, 0.15) is 6.42 Å². The molecule has 4 nitrogen and oxygen atoms in total. The summed E-state index contributed by atoms with van der Waals surface area (Å²) in [7, 11) is 0. The van der Waals surface area contributed by atoms with Gasteiger partial charge in [-0.3, -0.25) is 4.79 Å². The summed E-state index contributed by atoms with van der Waals surface area (Å²) in [5.74, 6) is -0.274. The molecule has 0 fully saturated rings. The summed E-state index contributed by atoms with van der Waals surface area (Å²) in [6.45, 7) is 6.02.